The van der Waals surface area contributed by atoms with E-state index < -0.39 is 0 Å². The molecule has 0 radical (unpaired) electrons. The van der Waals surface area contributed by atoms with Crippen LogP contribution in [0.3, 0.4) is 0 Å². The summed E-state index contributed by atoms with van der Waals surface area (Å²) in [6.07, 6.45) is 1.22. The number of rotatable bonds is 9. The molecule has 0 saturated carbocycles. The van der Waals surface area contributed by atoms with Crippen molar-refractivity contribution in [1.29, 1.82) is 0 Å². The van der Waals surface area contributed by atoms with E-state index in [0.29, 0.717) is 13.0 Å². The number of anilines is 1. The topological polar surface area (TPSA) is 46.0 Å². The molecular formula is C22H32N3O2+. The number of ether oxygens (including phenoxy) is 1. The molecule has 5 heteroatoms. The van der Waals surface area contributed by atoms with Crippen molar-refractivity contribution >= 4 is 11.6 Å². The summed E-state index contributed by atoms with van der Waals surface area (Å²) >= 11 is 0. The van der Waals surface area contributed by atoms with E-state index in [9.17, 15) is 4.79 Å². The predicted octanol–water partition coefficient (Wildman–Crippen LogP) is 1.70. The first-order chi connectivity index (χ1) is 12.9. The summed E-state index contributed by atoms with van der Waals surface area (Å²) in [7, 11) is 9.96. The summed E-state index contributed by atoms with van der Waals surface area (Å²) in [6.45, 7) is 0.630. The molecule has 146 valence electrons. The number of carbonyl (C=O) groups excluding carboxylic acids is 1. The molecule has 2 rings (SSSR count). The highest BCUT2D eigenvalue weighted by molar-refractivity contribution is 5.76. The van der Waals surface area contributed by atoms with E-state index >= 15 is 0 Å². The highest BCUT2D eigenvalue weighted by Gasteiger charge is 2.18. The van der Waals surface area contributed by atoms with Gasteiger partial charge in [0.25, 0.3) is 0 Å². The zero-order valence-electron chi connectivity index (χ0n) is 17.1. The van der Waals surface area contributed by atoms with Gasteiger partial charge in [-0.3, -0.25) is 4.79 Å². The maximum Gasteiger partial charge on any atom is 0.220 e. The second kappa shape index (κ2) is 9.97. The maximum absolute atomic E-state index is 12.3. The number of methoxy groups -OCH3 is 1. The van der Waals surface area contributed by atoms with Gasteiger partial charge >= 0.3 is 0 Å². The molecule has 0 saturated heterocycles. The van der Waals surface area contributed by atoms with E-state index in [1.807, 2.05) is 38.4 Å². The normalized spacial score (nSPS) is 11.9. The van der Waals surface area contributed by atoms with Crippen LogP contribution in [0.4, 0.5) is 5.69 Å². The number of hydrogen-bond acceptors (Lipinski definition) is 3. The first-order valence-corrected chi connectivity index (χ1v) is 9.37. The van der Waals surface area contributed by atoms with Crippen LogP contribution in [-0.4, -0.2) is 47.8 Å². The highest BCUT2D eigenvalue weighted by Crippen LogP contribution is 2.16. The number of hydrogen-bond donors (Lipinski definition) is 2. The van der Waals surface area contributed by atoms with Crippen LogP contribution < -0.4 is 19.9 Å². The summed E-state index contributed by atoms with van der Waals surface area (Å²) in [5, 5.41) is 3.10. The molecule has 27 heavy (non-hydrogen) atoms. The van der Waals surface area contributed by atoms with Crippen molar-refractivity contribution < 1.29 is 14.4 Å². The van der Waals surface area contributed by atoms with Crippen LogP contribution in [-0.2, 0) is 11.2 Å². The zero-order valence-corrected chi connectivity index (χ0v) is 17.1. The van der Waals surface area contributed by atoms with Crippen molar-refractivity contribution in [3.05, 3.63) is 59.7 Å². The Morgan fingerprint density at radius 1 is 1.07 bits per heavy atom. The third-order valence-electron chi connectivity index (χ3n) is 4.81. The van der Waals surface area contributed by atoms with Gasteiger partial charge in [0, 0.05) is 31.8 Å². The van der Waals surface area contributed by atoms with Gasteiger partial charge in [0.05, 0.1) is 27.7 Å². The molecular weight excluding hydrogens is 338 g/mol. The van der Waals surface area contributed by atoms with Crippen molar-refractivity contribution in [2.75, 3.05) is 46.7 Å². The van der Waals surface area contributed by atoms with Gasteiger partial charge in [0.1, 0.15) is 11.8 Å². The van der Waals surface area contributed by atoms with Crippen molar-refractivity contribution in [1.82, 2.24) is 5.32 Å². The summed E-state index contributed by atoms with van der Waals surface area (Å²) in [5.41, 5.74) is 3.55. The SMILES string of the molecule is COc1ccc(CCC(=O)NC[C@@H](c2ccc(N(C)C)cc2)[NH+](C)C)cc1. The van der Waals surface area contributed by atoms with Crippen LogP contribution in [0.5, 0.6) is 5.75 Å². The second-order valence-corrected chi connectivity index (χ2v) is 7.27. The van der Waals surface area contributed by atoms with Crippen LogP contribution in [0.25, 0.3) is 0 Å². The van der Waals surface area contributed by atoms with E-state index in [1.54, 1.807) is 7.11 Å². The molecule has 2 N–H and O–H groups in total. The smallest absolute Gasteiger partial charge is 0.220 e. The van der Waals surface area contributed by atoms with Gasteiger partial charge in [-0.15, -0.1) is 0 Å². The Labute approximate surface area is 162 Å². The number of likely N-dealkylation sites (N-methyl/N-ethyl adjacent to an activating group) is 1. The monoisotopic (exact) mass is 370 g/mol. The van der Waals surface area contributed by atoms with Crippen molar-refractivity contribution in [2.24, 2.45) is 0 Å². The van der Waals surface area contributed by atoms with Crippen molar-refractivity contribution in [3.63, 3.8) is 0 Å². The molecule has 1 amide bonds. The van der Waals surface area contributed by atoms with Gasteiger partial charge < -0.3 is 19.9 Å². The average Bonchev–Trinajstić information content (AvgIpc) is 2.67. The quantitative estimate of drug-likeness (QED) is 0.706. The molecule has 0 bridgehead atoms. The standard InChI is InChI=1S/C22H31N3O2/c1-24(2)19-11-9-18(10-12-19)21(25(3)4)16-23-22(26)15-8-17-6-13-20(27-5)14-7-17/h6-7,9-14,21H,8,15-16H2,1-5H3,(H,23,26)/p+1/t21-/m0/s1. The maximum atomic E-state index is 12.3. The molecule has 2 aromatic rings. The Kier molecular flexibility index (Phi) is 7.67. The first kappa shape index (κ1) is 20.8. The Morgan fingerprint density at radius 2 is 1.70 bits per heavy atom. The number of nitrogens with zero attached hydrogens (tertiary/aromatic N) is 1. The minimum atomic E-state index is 0.0852. The summed E-state index contributed by atoms with van der Waals surface area (Å²) in [4.78, 5) is 15.7. The van der Waals surface area contributed by atoms with Crippen molar-refractivity contribution in [3.8, 4) is 5.75 Å². The summed E-state index contributed by atoms with van der Waals surface area (Å²) < 4.78 is 5.16. The minimum Gasteiger partial charge on any atom is -0.497 e. The summed E-state index contributed by atoms with van der Waals surface area (Å²) in [6, 6.07) is 16.6. The Balaban J connectivity index is 1.87. The summed E-state index contributed by atoms with van der Waals surface area (Å²) in [5.74, 6) is 0.919. The predicted molar refractivity (Wildman–Crippen MR) is 111 cm³/mol. The van der Waals surface area contributed by atoms with E-state index in [0.717, 1.165) is 17.7 Å². The number of aryl methyl sites for hydroxylation is 1. The van der Waals surface area contributed by atoms with Crippen LogP contribution in [0, 0.1) is 0 Å². The van der Waals surface area contributed by atoms with Gasteiger partial charge in [-0.25, -0.2) is 0 Å². The number of nitrogens with one attached hydrogen (secondary N) is 2. The molecule has 1 atom stereocenters. The zero-order chi connectivity index (χ0) is 19.8. The molecule has 0 aliphatic heterocycles. The van der Waals surface area contributed by atoms with E-state index in [4.69, 9.17) is 4.74 Å². The lowest BCUT2D eigenvalue weighted by atomic mass is 10.0. The molecule has 2 aromatic carbocycles. The molecule has 0 heterocycles. The fourth-order valence-electron chi connectivity index (χ4n) is 3.01. The Morgan fingerprint density at radius 3 is 2.22 bits per heavy atom. The number of carbonyl (C=O) groups is 1. The molecule has 0 unspecified atom stereocenters. The lowest BCUT2D eigenvalue weighted by molar-refractivity contribution is -0.890. The highest BCUT2D eigenvalue weighted by atomic mass is 16.5. The lowest BCUT2D eigenvalue weighted by Gasteiger charge is -2.23. The van der Waals surface area contributed by atoms with Gasteiger partial charge in [-0.2, -0.15) is 0 Å². The second-order valence-electron chi connectivity index (χ2n) is 7.27. The molecule has 0 aliphatic rings. The third kappa shape index (κ3) is 6.29. The molecule has 0 aliphatic carbocycles. The third-order valence-corrected chi connectivity index (χ3v) is 4.81. The van der Waals surface area contributed by atoms with Crippen LogP contribution in [0.15, 0.2) is 48.5 Å². The van der Waals surface area contributed by atoms with Gasteiger partial charge in [0.2, 0.25) is 5.91 Å². The average molecular weight is 371 g/mol. The first-order valence-electron chi connectivity index (χ1n) is 9.37. The van der Waals surface area contributed by atoms with E-state index in [-0.39, 0.29) is 11.9 Å². The number of quaternary nitrogens is 1. The Bertz CT molecular complexity index is 709. The van der Waals surface area contributed by atoms with Gasteiger partial charge in [-0.1, -0.05) is 24.3 Å². The van der Waals surface area contributed by atoms with Crippen molar-refractivity contribution in [2.45, 2.75) is 18.9 Å². The molecule has 5 nitrogen and oxygen atoms in total. The minimum absolute atomic E-state index is 0.0852. The fourth-order valence-corrected chi connectivity index (χ4v) is 3.01. The number of amides is 1. The van der Waals surface area contributed by atoms with Crippen LogP contribution >= 0.6 is 0 Å². The van der Waals surface area contributed by atoms with E-state index in [1.165, 1.54) is 16.2 Å². The molecule has 0 aromatic heterocycles. The largest absolute Gasteiger partial charge is 0.497 e. The fraction of sp³-hybridized carbons (Fsp3) is 0.409. The van der Waals surface area contributed by atoms with Gasteiger partial charge in [0.15, 0.2) is 0 Å². The van der Waals surface area contributed by atoms with Crippen LogP contribution in [0.2, 0.25) is 0 Å². The molecule has 0 fully saturated rings. The number of benzene rings is 2. The van der Waals surface area contributed by atoms with Crippen LogP contribution in [0.1, 0.15) is 23.6 Å². The lowest BCUT2D eigenvalue weighted by Crippen LogP contribution is -3.07. The Hall–Kier alpha value is -2.53. The van der Waals surface area contributed by atoms with Gasteiger partial charge in [-0.05, 0) is 36.2 Å². The van der Waals surface area contributed by atoms with E-state index in [2.05, 4.69) is 48.6 Å². The molecule has 0 spiro atoms.